The number of methoxy groups -OCH3 is 1. The van der Waals surface area contributed by atoms with Crippen LogP contribution < -0.4 is 15.8 Å². The van der Waals surface area contributed by atoms with E-state index in [1.807, 2.05) is 24.3 Å². The highest BCUT2D eigenvalue weighted by Crippen LogP contribution is 2.35. The van der Waals surface area contributed by atoms with Gasteiger partial charge in [0.2, 0.25) is 5.91 Å². The van der Waals surface area contributed by atoms with Gasteiger partial charge in [-0.05, 0) is 26.0 Å². The highest BCUT2D eigenvalue weighted by Gasteiger charge is 2.21. The van der Waals surface area contributed by atoms with Crippen molar-refractivity contribution >= 4 is 33.9 Å². The van der Waals surface area contributed by atoms with E-state index in [1.165, 1.54) is 13.4 Å². The lowest BCUT2D eigenvalue weighted by molar-refractivity contribution is -0.112. The van der Waals surface area contributed by atoms with Gasteiger partial charge in [0.15, 0.2) is 0 Å². The molecule has 0 aliphatic rings. The minimum atomic E-state index is -1.04. The Morgan fingerprint density at radius 3 is 2.61 bits per heavy atom. The maximum atomic E-state index is 11.6. The molecule has 3 rings (SSSR count). The zero-order chi connectivity index (χ0) is 20.5. The number of nitrogens with two attached hydrogens (primary N) is 1. The van der Waals surface area contributed by atoms with Crippen LogP contribution in [0.15, 0.2) is 49.3 Å². The molecule has 0 radical (unpaired) electrons. The first kappa shape index (κ1) is 19.3. The molecule has 7 heteroatoms. The van der Waals surface area contributed by atoms with E-state index in [1.54, 1.807) is 26.0 Å². The van der Waals surface area contributed by atoms with Gasteiger partial charge < -0.3 is 20.9 Å². The Bertz CT molecular complexity index is 1070. The maximum Gasteiger partial charge on any atom is 0.248 e. The summed E-state index contributed by atoms with van der Waals surface area (Å²) < 4.78 is 5.36. The lowest BCUT2D eigenvalue weighted by Crippen LogP contribution is -2.17. The van der Waals surface area contributed by atoms with E-state index in [0.29, 0.717) is 33.7 Å². The summed E-state index contributed by atoms with van der Waals surface area (Å²) in [4.78, 5) is 20.2. The number of amides is 1. The van der Waals surface area contributed by atoms with Crippen molar-refractivity contribution < 1.29 is 14.6 Å². The quantitative estimate of drug-likeness (QED) is 0.569. The van der Waals surface area contributed by atoms with E-state index in [-0.39, 0.29) is 5.57 Å². The number of benzene rings is 2. The summed E-state index contributed by atoms with van der Waals surface area (Å²) in [5.74, 6) is 0.317. The van der Waals surface area contributed by atoms with Crippen molar-refractivity contribution in [3.05, 3.63) is 60.4 Å². The summed E-state index contributed by atoms with van der Waals surface area (Å²) in [5.41, 5.74) is 7.00. The molecule has 0 saturated carbocycles. The summed E-state index contributed by atoms with van der Waals surface area (Å²) in [6.45, 7) is 7.18. The van der Waals surface area contributed by atoms with E-state index in [9.17, 15) is 9.90 Å². The normalized spacial score (nSPS) is 11.3. The molecule has 7 nitrogen and oxygen atoms in total. The molecule has 0 atom stereocenters. The summed E-state index contributed by atoms with van der Waals surface area (Å²) in [7, 11) is 1.50. The van der Waals surface area contributed by atoms with Gasteiger partial charge in [0.1, 0.15) is 17.9 Å². The van der Waals surface area contributed by atoms with Crippen molar-refractivity contribution in [3.63, 3.8) is 0 Å². The molecule has 1 heterocycles. The zero-order valence-corrected chi connectivity index (χ0v) is 16.0. The molecule has 0 fully saturated rings. The minimum Gasteiger partial charge on any atom is -0.496 e. The summed E-state index contributed by atoms with van der Waals surface area (Å²) >= 11 is 0. The average molecular weight is 378 g/mol. The fourth-order valence-electron chi connectivity index (χ4n) is 2.97. The number of aliphatic hydroxyl groups is 1. The van der Waals surface area contributed by atoms with Crippen LogP contribution in [0.1, 0.15) is 25.0 Å². The van der Waals surface area contributed by atoms with Gasteiger partial charge in [-0.2, -0.15) is 0 Å². The number of aromatic nitrogens is 2. The number of rotatable bonds is 6. The Hall–Kier alpha value is -3.45. The third kappa shape index (κ3) is 3.65. The lowest BCUT2D eigenvalue weighted by Gasteiger charge is -2.22. The van der Waals surface area contributed by atoms with Gasteiger partial charge in [0, 0.05) is 33.8 Å². The molecule has 2 aromatic carbocycles. The van der Waals surface area contributed by atoms with Crippen LogP contribution in [-0.4, -0.2) is 28.1 Å². The number of nitrogens with one attached hydrogen (secondary N) is 1. The SMILES string of the molecule is C=C(C(N)=O)c1cc2c(Nc3ccccc3C(C)(C)O)ncnc2cc1OC. The second-order valence-corrected chi connectivity index (χ2v) is 6.86. The molecule has 4 N–H and O–H groups in total. The second-order valence-electron chi connectivity index (χ2n) is 6.86. The average Bonchev–Trinajstić information content (AvgIpc) is 2.66. The number of primary amides is 1. The number of fused-ring (bicyclic) bond motifs is 1. The fraction of sp³-hybridized carbons (Fsp3) is 0.190. The summed E-state index contributed by atoms with van der Waals surface area (Å²) in [5, 5.41) is 14.4. The first-order chi connectivity index (χ1) is 13.2. The molecule has 144 valence electrons. The van der Waals surface area contributed by atoms with Crippen molar-refractivity contribution in [3.8, 4) is 5.75 Å². The van der Waals surface area contributed by atoms with E-state index >= 15 is 0 Å². The topological polar surface area (TPSA) is 110 Å². The number of anilines is 2. The molecular weight excluding hydrogens is 356 g/mol. The molecule has 28 heavy (non-hydrogen) atoms. The van der Waals surface area contributed by atoms with Gasteiger partial charge in [0.25, 0.3) is 0 Å². The number of hydrogen-bond donors (Lipinski definition) is 3. The van der Waals surface area contributed by atoms with Crippen molar-refractivity contribution in [1.29, 1.82) is 0 Å². The number of carbonyl (C=O) groups is 1. The van der Waals surface area contributed by atoms with E-state index in [4.69, 9.17) is 10.5 Å². The maximum absolute atomic E-state index is 11.6. The Morgan fingerprint density at radius 2 is 1.96 bits per heavy atom. The van der Waals surface area contributed by atoms with Gasteiger partial charge in [-0.1, -0.05) is 24.8 Å². The number of nitrogens with zero attached hydrogens (tertiary/aromatic N) is 2. The van der Waals surface area contributed by atoms with Crippen LogP contribution in [0.5, 0.6) is 5.75 Å². The summed E-state index contributed by atoms with van der Waals surface area (Å²) in [6.07, 6.45) is 1.43. The fourth-order valence-corrected chi connectivity index (χ4v) is 2.97. The molecule has 0 unspecified atom stereocenters. The van der Waals surface area contributed by atoms with Crippen LogP contribution >= 0.6 is 0 Å². The highest BCUT2D eigenvalue weighted by atomic mass is 16.5. The Kier molecular flexibility index (Phi) is 5.02. The Labute approximate surface area is 162 Å². The largest absolute Gasteiger partial charge is 0.496 e. The molecule has 3 aromatic rings. The molecule has 0 bridgehead atoms. The van der Waals surface area contributed by atoms with Crippen LogP contribution in [0.2, 0.25) is 0 Å². The first-order valence-electron chi connectivity index (χ1n) is 8.63. The first-order valence-corrected chi connectivity index (χ1v) is 8.63. The predicted octanol–water partition coefficient (Wildman–Crippen LogP) is 3.11. The van der Waals surface area contributed by atoms with Crippen LogP contribution in [0.25, 0.3) is 16.5 Å². The standard InChI is InChI=1S/C21H22N4O3/c1-12(19(22)26)13-9-14-17(10-18(13)28-4)23-11-24-20(14)25-16-8-6-5-7-15(16)21(2,3)27/h5-11,27H,1H2,2-4H3,(H2,22,26)(H,23,24,25). The van der Waals surface area contributed by atoms with Crippen molar-refractivity contribution in [2.45, 2.75) is 19.4 Å². The van der Waals surface area contributed by atoms with Gasteiger partial charge in [-0.3, -0.25) is 4.79 Å². The van der Waals surface area contributed by atoms with Crippen LogP contribution in [-0.2, 0) is 10.4 Å². The number of carbonyl (C=O) groups excluding carboxylic acids is 1. The van der Waals surface area contributed by atoms with E-state index < -0.39 is 11.5 Å². The predicted molar refractivity (Wildman–Crippen MR) is 109 cm³/mol. The van der Waals surface area contributed by atoms with Gasteiger partial charge in [-0.15, -0.1) is 0 Å². The van der Waals surface area contributed by atoms with Crippen molar-refractivity contribution in [2.24, 2.45) is 5.73 Å². The van der Waals surface area contributed by atoms with Gasteiger partial charge in [-0.25, -0.2) is 9.97 Å². The molecule has 1 aromatic heterocycles. The van der Waals surface area contributed by atoms with Gasteiger partial charge in [0.05, 0.1) is 18.2 Å². The molecule has 0 aliphatic heterocycles. The van der Waals surface area contributed by atoms with Crippen LogP contribution in [0.3, 0.4) is 0 Å². The van der Waals surface area contributed by atoms with E-state index in [2.05, 4.69) is 21.9 Å². The van der Waals surface area contributed by atoms with Gasteiger partial charge >= 0.3 is 0 Å². The van der Waals surface area contributed by atoms with Crippen molar-refractivity contribution in [2.75, 3.05) is 12.4 Å². The monoisotopic (exact) mass is 378 g/mol. The Morgan fingerprint density at radius 1 is 1.25 bits per heavy atom. The summed E-state index contributed by atoms with van der Waals surface area (Å²) in [6, 6.07) is 10.8. The molecular formula is C21H22N4O3. The highest BCUT2D eigenvalue weighted by molar-refractivity contribution is 6.19. The zero-order valence-electron chi connectivity index (χ0n) is 16.0. The van der Waals surface area contributed by atoms with Crippen LogP contribution in [0, 0.1) is 0 Å². The van der Waals surface area contributed by atoms with E-state index in [0.717, 1.165) is 5.56 Å². The second kappa shape index (κ2) is 7.28. The number of para-hydroxylation sites is 1. The van der Waals surface area contributed by atoms with Crippen molar-refractivity contribution in [1.82, 2.24) is 9.97 Å². The third-order valence-electron chi connectivity index (χ3n) is 4.42. The van der Waals surface area contributed by atoms with Crippen LogP contribution in [0.4, 0.5) is 11.5 Å². The molecule has 0 aliphatic carbocycles. The molecule has 0 spiro atoms. The molecule has 0 saturated heterocycles. The third-order valence-corrected chi connectivity index (χ3v) is 4.42. The Balaban J connectivity index is 2.17. The number of ether oxygens (including phenoxy) is 1. The smallest absolute Gasteiger partial charge is 0.248 e. The lowest BCUT2D eigenvalue weighted by atomic mass is 9.96. The number of hydrogen-bond acceptors (Lipinski definition) is 6. The minimum absolute atomic E-state index is 0.130. The molecule has 1 amide bonds.